The predicted octanol–water partition coefficient (Wildman–Crippen LogP) is 7.47. The van der Waals surface area contributed by atoms with Crippen LogP contribution in [0.3, 0.4) is 0 Å². The Morgan fingerprint density at radius 3 is 1.92 bits per heavy atom. The Kier molecular flexibility index (Phi) is 22.2. The quantitative estimate of drug-likeness (QED) is 0.0666. The van der Waals surface area contributed by atoms with E-state index in [1.54, 1.807) is 32.2 Å². The number of Topliss-reactive ketones (excluding diaryl/α,β-unsaturated/α-hetero) is 2. The van der Waals surface area contributed by atoms with Gasteiger partial charge in [0.15, 0.2) is 11.6 Å². The highest BCUT2D eigenvalue weighted by Crippen LogP contribution is 2.39. The van der Waals surface area contributed by atoms with E-state index in [4.69, 9.17) is 0 Å². The van der Waals surface area contributed by atoms with E-state index in [1.165, 1.54) is 99.8 Å². The fraction of sp³-hybridized carbons (Fsp3) is 0.633. The zero-order chi connectivity index (χ0) is 45.8. The van der Waals surface area contributed by atoms with E-state index in [2.05, 4.69) is 17.6 Å². The number of aliphatic hydroxyl groups is 1. The maximum absolute atomic E-state index is 14.0. The Labute approximate surface area is 369 Å². The van der Waals surface area contributed by atoms with Crippen LogP contribution in [0.1, 0.15) is 160 Å². The van der Waals surface area contributed by atoms with Gasteiger partial charge in [0.05, 0.1) is 18.7 Å². The van der Waals surface area contributed by atoms with Crippen molar-refractivity contribution in [1.29, 1.82) is 0 Å². The summed E-state index contributed by atoms with van der Waals surface area (Å²) in [6.45, 7) is 6.79. The lowest BCUT2D eigenvalue weighted by Crippen LogP contribution is -2.45. The lowest BCUT2D eigenvalue weighted by Gasteiger charge is -2.29. The lowest BCUT2D eigenvalue weighted by atomic mass is 9.90. The number of amides is 4. The third kappa shape index (κ3) is 16.5. The van der Waals surface area contributed by atoms with Gasteiger partial charge in [-0.1, -0.05) is 103 Å². The van der Waals surface area contributed by atoms with E-state index in [-0.39, 0.29) is 60.6 Å². The van der Waals surface area contributed by atoms with Gasteiger partial charge in [-0.2, -0.15) is 0 Å². The van der Waals surface area contributed by atoms with Crippen molar-refractivity contribution < 1.29 is 44.1 Å². The van der Waals surface area contributed by atoms with Crippen molar-refractivity contribution in [3.05, 3.63) is 47.5 Å². The van der Waals surface area contributed by atoms with E-state index < -0.39 is 54.0 Å². The first-order valence-electron chi connectivity index (χ1n) is 23.0. The molecule has 5 N–H and O–H groups in total. The molecule has 62 heavy (non-hydrogen) atoms. The van der Waals surface area contributed by atoms with Gasteiger partial charge in [-0.15, -0.1) is 0 Å². The molecule has 1 aliphatic heterocycles. The Morgan fingerprint density at radius 1 is 0.758 bits per heavy atom. The smallest absolute Gasteiger partial charge is 0.223 e. The molecular weight excluding hydrogens is 789 g/mol. The number of unbranched alkanes of at least 4 members (excludes halogenated alkanes) is 12. The molecule has 0 saturated heterocycles. The SMILES string of the molecule is CCCCCCCCCCCCCCCC(=O)N(C)[C@H](CO)CC(=O)N[C@H](C)C(=O)CCC(=O)N(C)[C@@H]1C(=O)C[C@@H](C)C(=O)N[C@H](C)Cc2ccc(O)c(c2)-c2cc1ccc2O. The molecular formula is C49H74N4O9. The van der Waals surface area contributed by atoms with Gasteiger partial charge in [-0.05, 0) is 62.1 Å². The molecule has 0 unspecified atom stereocenters. The normalized spacial score (nSPS) is 17.6. The van der Waals surface area contributed by atoms with Gasteiger partial charge in [0, 0.05) is 69.3 Å². The molecule has 13 nitrogen and oxygen atoms in total. The largest absolute Gasteiger partial charge is 0.507 e. The van der Waals surface area contributed by atoms with Crippen LogP contribution in [0, 0.1) is 5.92 Å². The first-order valence-corrected chi connectivity index (χ1v) is 23.0. The van der Waals surface area contributed by atoms with Crippen LogP contribution in [0.15, 0.2) is 36.4 Å². The molecule has 0 aromatic heterocycles. The van der Waals surface area contributed by atoms with Crippen LogP contribution in [0.2, 0.25) is 0 Å². The number of nitrogens with zero attached hydrogens (tertiary/aromatic N) is 2. The number of carbonyl (C=O) groups excluding carboxylic acids is 6. The number of aromatic hydroxyl groups is 2. The van der Waals surface area contributed by atoms with Crippen molar-refractivity contribution in [3.8, 4) is 22.6 Å². The zero-order valence-corrected chi connectivity index (χ0v) is 38.2. The fourth-order valence-corrected chi connectivity index (χ4v) is 8.15. The van der Waals surface area contributed by atoms with Crippen LogP contribution >= 0.6 is 0 Å². The molecule has 13 heteroatoms. The summed E-state index contributed by atoms with van der Waals surface area (Å²) in [6.07, 6.45) is 15.5. The maximum atomic E-state index is 14.0. The van der Waals surface area contributed by atoms with Crippen molar-refractivity contribution in [2.24, 2.45) is 5.92 Å². The second kappa shape index (κ2) is 26.6. The number of nitrogens with one attached hydrogen (secondary N) is 2. The average Bonchev–Trinajstić information content (AvgIpc) is 3.23. The summed E-state index contributed by atoms with van der Waals surface area (Å²) in [4.78, 5) is 82.5. The number of carbonyl (C=O) groups is 6. The number of fused-ring (bicyclic) bond motifs is 5. The first-order chi connectivity index (χ1) is 29.6. The number of hydrogen-bond donors (Lipinski definition) is 5. The summed E-state index contributed by atoms with van der Waals surface area (Å²) in [5.41, 5.74) is 1.73. The number of ketones is 2. The van der Waals surface area contributed by atoms with Crippen molar-refractivity contribution >= 4 is 35.2 Å². The van der Waals surface area contributed by atoms with Gasteiger partial charge < -0.3 is 35.8 Å². The minimum absolute atomic E-state index is 0.0988. The van der Waals surface area contributed by atoms with Crippen LogP contribution in [0.4, 0.5) is 0 Å². The minimum atomic E-state index is -1.19. The van der Waals surface area contributed by atoms with Crippen LogP contribution in [-0.4, -0.2) is 99.1 Å². The van der Waals surface area contributed by atoms with E-state index in [0.29, 0.717) is 24.0 Å². The van der Waals surface area contributed by atoms with Gasteiger partial charge in [0.1, 0.15) is 17.5 Å². The molecule has 4 bridgehead atoms. The number of phenolic OH excluding ortho intramolecular Hbond substituents is 2. The topological polar surface area (TPSA) is 194 Å². The molecule has 0 aliphatic carbocycles. The third-order valence-electron chi connectivity index (χ3n) is 12.2. The van der Waals surface area contributed by atoms with Crippen molar-refractivity contribution in [1.82, 2.24) is 20.4 Å². The Morgan fingerprint density at radius 2 is 1.32 bits per heavy atom. The van der Waals surface area contributed by atoms with E-state index in [1.807, 2.05) is 6.92 Å². The highest BCUT2D eigenvalue weighted by molar-refractivity contribution is 5.95. The number of rotatable bonds is 24. The van der Waals surface area contributed by atoms with Gasteiger partial charge in [0.25, 0.3) is 0 Å². The van der Waals surface area contributed by atoms with Gasteiger partial charge in [0.2, 0.25) is 23.6 Å². The van der Waals surface area contributed by atoms with Crippen molar-refractivity contribution in [2.45, 2.75) is 174 Å². The van der Waals surface area contributed by atoms with Gasteiger partial charge >= 0.3 is 0 Å². The number of benzene rings is 2. The fourth-order valence-electron chi connectivity index (χ4n) is 8.15. The highest BCUT2D eigenvalue weighted by atomic mass is 16.3. The summed E-state index contributed by atoms with van der Waals surface area (Å²) in [5.74, 6) is -3.34. The maximum Gasteiger partial charge on any atom is 0.223 e. The minimum Gasteiger partial charge on any atom is -0.507 e. The Hall–Kier alpha value is -4.78. The lowest BCUT2D eigenvalue weighted by molar-refractivity contribution is -0.140. The standard InChI is InChI=1S/C49H74N4O9/c1-7-8-9-10-11-12-13-14-15-16-17-18-19-20-46(60)52(5)38(32-54)31-45(59)51-35(4)41(55)25-26-47(61)53(6)48-37-22-24-43(57)40(30-37)39-29-36(21-23-42(39)56)28-34(3)50-49(62)33(2)27-44(48)58/h21-24,29-30,33-35,38,48,54,56-57H,7-20,25-28,31-32H2,1-6H3,(H,50,62)(H,51,59)/t33-,34-,35-,38+,48+/m1/s1. The van der Waals surface area contributed by atoms with E-state index in [0.717, 1.165) is 31.2 Å². The van der Waals surface area contributed by atoms with Crippen molar-refractivity contribution in [3.63, 3.8) is 0 Å². The van der Waals surface area contributed by atoms with E-state index >= 15 is 0 Å². The van der Waals surface area contributed by atoms with Gasteiger partial charge in [-0.3, -0.25) is 28.8 Å². The average molecular weight is 863 g/mol. The summed E-state index contributed by atoms with van der Waals surface area (Å²) in [5, 5.41) is 37.3. The molecule has 2 aromatic rings. The van der Waals surface area contributed by atoms with Crippen LogP contribution in [0.25, 0.3) is 11.1 Å². The summed E-state index contributed by atoms with van der Waals surface area (Å²) < 4.78 is 0. The zero-order valence-electron chi connectivity index (χ0n) is 38.2. The molecule has 0 fully saturated rings. The molecule has 0 radical (unpaired) electrons. The number of aliphatic hydroxyl groups excluding tert-OH is 1. The molecule has 4 amide bonds. The molecule has 0 spiro atoms. The molecule has 344 valence electrons. The molecule has 1 aliphatic rings. The second-order valence-electron chi connectivity index (χ2n) is 17.5. The van der Waals surface area contributed by atoms with E-state index in [9.17, 15) is 44.1 Å². The predicted molar refractivity (Wildman–Crippen MR) is 241 cm³/mol. The summed E-state index contributed by atoms with van der Waals surface area (Å²) in [7, 11) is 3.01. The van der Waals surface area contributed by atoms with Gasteiger partial charge in [-0.25, -0.2) is 0 Å². The molecule has 5 atom stereocenters. The Bertz CT molecular complexity index is 1800. The number of likely N-dealkylation sites (N-methyl/N-ethyl adjacent to an activating group) is 2. The highest BCUT2D eigenvalue weighted by Gasteiger charge is 2.33. The van der Waals surface area contributed by atoms with Crippen molar-refractivity contribution in [2.75, 3.05) is 20.7 Å². The molecule has 3 rings (SSSR count). The molecule has 2 aromatic carbocycles. The summed E-state index contributed by atoms with van der Waals surface area (Å²) >= 11 is 0. The summed E-state index contributed by atoms with van der Waals surface area (Å²) in [6, 6.07) is 6.20. The third-order valence-corrected chi connectivity index (χ3v) is 12.2. The first kappa shape index (κ1) is 51.6. The second-order valence-corrected chi connectivity index (χ2v) is 17.5. The van der Waals surface area contributed by atoms with Crippen LogP contribution in [-0.2, 0) is 35.2 Å². The number of phenols is 2. The molecule has 0 saturated carbocycles. The monoisotopic (exact) mass is 863 g/mol. The van der Waals surface area contributed by atoms with Crippen LogP contribution in [0.5, 0.6) is 11.5 Å². The number of hydrogen-bond acceptors (Lipinski definition) is 9. The van der Waals surface area contributed by atoms with Crippen LogP contribution < -0.4 is 10.6 Å². The molecule has 1 heterocycles. The Balaban J connectivity index is 1.54.